The molecule has 4 nitrogen and oxygen atoms in total. The quantitative estimate of drug-likeness (QED) is 0.473. The van der Waals surface area contributed by atoms with Gasteiger partial charge in [-0.2, -0.15) is 0 Å². The fraction of sp³-hybridized carbons (Fsp3) is 0.200. The summed E-state index contributed by atoms with van der Waals surface area (Å²) in [6, 6.07) is 14.2. The van der Waals surface area contributed by atoms with E-state index in [1.54, 1.807) is 12.1 Å². The highest BCUT2D eigenvalue weighted by molar-refractivity contribution is 6.20. The zero-order chi connectivity index (χ0) is 14.5. The summed E-state index contributed by atoms with van der Waals surface area (Å²) in [6.45, 7) is 0. The van der Waals surface area contributed by atoms with Gasteiger partial charge in [-0.1, -0.05) is 30.3 Å². The average molecular weight is 292 g/mol. The number of nitro groups is 1. The summed E-state index contributed by atoms with van der Waals surface area (Å²) in [5.41, 5.74) is 1.57. The lowest BCUT2D eigenvalue weighted by Crippen LogP contribution is -2.01. The Morgan fingerprint density at radius 2 is 1.95 bits per heavy atom. The van der Waals surface area contributed by atoms with E-state index in [1.165, 1.54) is 13.2 Å². The maximum Gasteiger partial charge on any atom is 0.272 e. The minimum absolute atomic E-state index is 0.0624. The van der Waals surface area contributed by atoms with Gasteiger partial charge < -0.3 is 4.74 Å². The van der Waals surface area contributed by atoms with Gasteiger partial charge in [0.1, 0.15) is 5.75 Å². The van der Waals surface area contributed by atoms with E-state index in [-0.39, 0.29) is 11.1 Å². The third-order valence-electron chi connectivity index (χ3n) is 3.04. The van der Waals surface area contributed by atoms with Crippen molar-refractivity contribution in [2.75, 3.05) is 7.11 Å². The lowest BCUT2D eigenvalue weighted by atomic mass is 10.0. The van der Waals surface area contributed by atoms with Crippen LogP contribution in [0.1, 0.15) is 16.5 Å². The summed E-state index contributed by atoms with van der Waals surface area (Å²) in [5.74, 6) is 0.586. The fourth-order valence-corrected chi connectivity index (χ4v) is 2.31. The van der Waals surface area contributed by atoms with Crippen LogP contribution in [-0.2, 0) is 6.42 Å². The molecule has 0 aliphatic carbocycles. The Hall–Kier alpha value is -2.07. The molecule has 0 fully saturated rings. The molecular formula is C15H14ClNO3. The predicted octanol–water partition coefficient (Wildman–Crippen LogP) is 4.13. The maximum atomic E-state index is 11.1. The van der Waals surface area contributed by atoms with Crippen molar-refractivity contribution in [2.45, 2.75) is 11.8 Å². The Morgan fingerprint density at radius 3 is 2.55 bits per heavy atom. The Morgan fingerprint density at radius 1 is 1.25 bits per heavy atom. The van der Waals surface area contributed by atoms with Crippen LogP contribution in [0.2, 0.25) is 0 Å². The second-order valence-corrected chi connectivity index (χ2v) is 4.86. The normalized spacial score (nSPS) is 11.9. The Kier molecular flexibility index (Phi) is 4.58. The second kappa shape index (κ2) is 6.39. The first-order valence-corrected chi connectivity index (χ1v) is 6.55. The number of nitrogens with zero attached hydrogens (tertiary/aromatic N) is 1. The lowest BCUT2D eigenvalue weighted by molar-refractivity contribution is -0.385. The minimum Gasteiger partial charge on any atom is -0.497 e. The molecule has 2 aromatic carbocycles. The van der Waals surface area contributed by atoms with Crippen molar-refractivity contribution in [1.82, 2.24) is 0 Å². The standard InChI is InChI=1S/C15H14ClNO3/c1-20-13-7-8-15(17(18)19)12(9-13)10-14(16)11-5-3-2-4-6-11/h2-9,14H,10H2,1H3. The highest BCUT2D eigenvalue weighted by Gasteiger charge is 2.18. The summed E-state index contributed by atoms with van der Waals surface area (Å²) in [7, 11) is 1.53. The van der Waals surface area contributed by atoms with Crippen LogP contribution in [0.15, 0.2) is 48.5 Å². The number of alkyl halides is 1. The number of hydrogen-bond donors (Lipinski definition) is 0. The third kappa shape index (κ3) is 3.27. The van der Waals surface area contributed by atoms with Gasteiger partial charge in [-0.05, 0) is 24.1 Å². The van der Waals surface area contributed by atoms with E-state index in [4.69, 9.17) is 16.3 Å². The zero-order valence-corrected chi connectivity index (χ0v) is 11.7. The van der Waals surface area contributed by atoms with Crippen LogP contribution >= 0.6 is 11.6 Å². The van der Waals surface area contributed by atoms with Crippen molar-refractivity contribution in [1.29, 1.82) is 0 Å². The molecule has 0 bridgehead atoms. The van der Waals surface area contributed by atoms with Crippen molar-refractivity contribution in [3.05, 3.63) is 69.8 Å². The fourth-order valence-electron chi connectivity index (χ4n) is 2.00. The second-order valence-electron chi connectivity index (χ2n) is 4.33. The first-order chi connectivity index (χ1) is 9.61. The van der Waals surface area contributed by atoms with Crippen LogP contribution in [0.4, 0.5) is 5.69 Å². The van der Waals surface area contributed by atoms with Gasteiger partial charge in [0.25, 0.3) is 5.69 Å². The molecule has 1 unspecified atom stereocenters. The number of benzene rings is 2. The molecule has 0 aliphatic heterocycles. The summed E-state index contributed by atoms with van der Waals surface area (Å²) in [6.07, 6.45) is 0.374. The van der Waals surface area contributed by atoms with E-state index in [0.717, 1.165) is 5.56 Å². The van der Waals surface area contributed by atoms with E-state index in [0.29, 0.717) is 17.7 Å². The number of hydrogen-bond acceptors (Lipinski definition) is 3. The molecule has 0 N–H and O–H groups in total. The predicted molar refractivity (Wildman–Crippen MR) is 78.4 cm³/mol. The molecule has 1 atom stereocenters. The van der Waals surface area contributed by atoms with Crippen molar-refractivity contribution in [3.8, 4) is 5.75 Å². The van der Waals surface area contributed by atoms with Gasteiger partial charge in [0.15, 0.2) is 0 Å². The van der Waals surface area contributed by atoms with Crippen molar-refractivity contribution in [2.24, 2.45) is 0 Å². The molecule has 2 rings (SSSR count). The van der Waals surface area contributed by atoms with Gasteiger partial charge in [0.05, 0.1) is 17.4 Å². The van der Waals surface area contributed by atoms with Gasteiger partial charge in [0.2, 0.25) is 0 Å². The maximum absolute atomic E-state index is 11.1. The highest BCUT2D eigenvalue weighted by atomic mass is 35.5. The summed E-state index contributed by atoms with van der Waals surface area (Å²) < 4.78 is 5.11. The van der Waals surface area contributed by atoms with Gasteiger partial charge in [-0.15, -0.1) is 11.6 Å². The first kappa shape index (κ1) is 14.3. The Labute approximate surface area is 122 Å². The van der Waals surface area contributed by atoms with Crippen LogP contribution in [0.5, 0.6) is 5.75 Å². The number of nitro benzene ring substituents is 1. The summed E-state index contributed by atoms with van der Waals surface area (Å²) >= 11 is 6.35. The number of rotatable bonds is 5. The third-order valence-corrected chi connectivity index (χ3v) is 3.45. The number of methoxy groups -OCH3 is 1. The monoisotopic (exact) mass is 291 g/mol. The molecule has 104 valence electrons. The van der Waals surface area contributed by atoms with Crippen molar-refractivity contribution in [3.63, 3.8) is 0 Å². The van der Waals surface area contributed by atoms with Crippen molar-refractivity contribution >= 4 is 17.3 Å². The molecule has 2 aromatic rings. The first-order valence-electron chi connectivity index (χ1n) is 6.12. The lowest BCUT2D eigenvalue weighted by Gasteiger charge is -2.11. The SMILES string of the molecule is COc1ccc([N+](=O)[O-])c(CC(Cl)c2ccccc2)c1. The van der Waals surface area contributed by atoms with Crippen molar-refractivity contribution < 1.29 is 9.66 Å². The highest BCUT2D eigenvalue weighted by Crippen LogP contribution is 2.31. The van der Waals surface area contributed by atoms with E-state index < -0.39 is 4.92 Å². The van der Waals surface area contributed by atoms with Gasteiger partial charge in [-0.25, -0.2) is 0 Å². The molecule has 0 radical (unpaired) electrons. The molecule has 20 heavy (non-hydrogen) atoms. The summed E-state index contributed by atoms with van der Waals surface area (Å²) in [5, 5.41) is 10.7. The van der Waals surface area contributed by atoms with Crippen LogP contribution in [0.25, 0.3) is 0 Å². The molecule has 0 aromatic heterocycles. The van der Waals surface area contributed by atoms with Gasteiger partial charge in [0, 0.05) is 11.6 Å². The molecule has 0 spiro atoms. The molecule has 0 saturated heterocycles. The number of ether oxygens (including phenoxy) is 1. The van der Waals surface area contributed by atoms with Crippen LogP contribution in [-0.4, -0.2) is 12.0 Å². The topological polar surface area (TPSA) is 52.4 Å². The molecular weight excluding hydrogens is 278 g/mol. The molecule has 0 heterocycles. The number of halogens is 1. The smallest absolute Gasteiger partial charge is 0.272 e. The van der Waals surface area contributed by atoms with Crippen LogP contribution in [0, 0.1) is 10.1 Å². The largest absolute Gasteiger partial charge is 0.497 e. The van der Waals surface area contributed by atoms with E-state index in [9.17, 15) is 10.1 Å². The van der Waals surface area contributed by atoms with Crippen LogP contribution in [0.3, 0.4) is 0 Å². The van der Waals surface area contributed by atoms with E-state index in [1.807, 2.05) is 30.3 Å². The van der Waals surface area contributed by atoms with E-state index >= 15 is 0 Å². The summed E-state index contributed by atoms with van der Waals surface area (Å²) in [4.78, 5) is 10.7. The Bertz CT molecular complexity index is 601. The van der Waals surface area contributed by atoms with Gasteiger partial charge >= 0.3 is 0 Å². The minimum atomic E-state index is -0.399. The molecule has 0 amide bonds. The Balaban J connectivity index is 2.29. The van der Waals surface area contributed by atoms with E-state index in [2.05, 4.69) is 0 Å². The van der Waals surface area contributed by atoms with Crippen LogP contribution < -0.4 is 4.74 Å². The molecule has 0 aliphatic rings. The average Bonchev–Trinajstić information content (AvgIpc) is 2.47. The zero-order valence-electron chi connectivity index (χ0n) is 11.0. The molecule has 5 heteroatoms. The van der Waals surface area contributed by atoms with Gasteiger partial charge in [-0.3, -0.25) is 10.1 Å². The molecule has 0 saturated carbocycles.